The summed E-state index contributed by atoms with van der Waals surface area (Å²) in [4.78, 5) is 12.5. The summed E-state index contributed by atoms with van der Waals surface area (Å²) in [6, 6.07) is 22.3. The fraction of sp³-hybridized carbons (Fsp3) is 0.174. The van der Waals surface area contributed by atoms with Crippen LogP contribution >= 0.6 is 0 Å². The van der Waals surface area contributed by atoms with E-state index < -0.39 is 11.9 Å². The van der Waals surface area contributed by atoms with Crippen molar-refractivity contribution in [1.82, 2.24) is 10.6 Å². The van der Waals surface area contributed by atoms with E-state index in [2.05, 4.69) is 10.6 Å². The maximum atomic E-state index is 13.8. The molecule has 0 saturated carbocycles. The van der Waals surface area contributed by atoms with Crippen molar-refractivity contribution < 1.29 is 18.7 Å². The lowest BCUT2D eigenvalue weighted by Crippen LogP contribution is -2.39. The highest BCUT2D eigenvalue weighted by atomic mass is 19.1. The van der Waals surface area contributed by atoms with E-state index in [1.807, 2.05) is 54.6 Å². The second-order valence-electron chi connectivity index (χ2n) is 6.34. The molecule has 0 bridgehead atoms. The minimum atomic E-state index is -0.450. The first-order valence-electron chi connectivity index (χ1n) is 9.26. The summed E-state index contributed by atoms with van der Waals surface area (Å²) in [6.45, 7) is 0.401. The Morgan fingerprint density at radius 3 is 2.31 bits per heavy atom. The summed E-state index contributed by atoms with van der Waals surface area (Å²) < 4.78 is 24.8. The van der Waals surface area contributed by atoms with Crippen LogP contribution in [0.5, 0.6) is 11.5 Å². The summed E-state index contributed by atoms with van der Waals surface area (Å²) in [6.07, 6.45) is 0. The molecular weight excluding hydrogens is 371 g/mol. The number of nitrogens with one attached hydrogen (secondary N) is 2. The van der Waals surface area contributed by atoms with E-state index in [4.69, 9.17) is 9.47 Å². The molecule has 5 nitrogen and oxygen atoms in total. The third-order valence-corrected chi connectivity index (χ3v) is 4.38. The first kappa shape index (κ1) is 20.2. The Labute approximate surface area is 169 Å². The molecule has 3 aromatic carbocycles. The molecule has 3 aromatic rings. The van der Waals surface area contributed by atoms with Gasteiger partial charge in [-0.2, -0.15) is 0 Å². The molecule has 0 spiro atoms. The van der Waals surface area contributed by atoms with Gasteiger partial charge in [-0.15, -0.1) is 0 Å². The fourth-order valence-corrected chi connectivity index (χ4v) is 2.88. The average molecular weight is 394 g/mol. The Balaban J connectivity index is 1.65. The van der Waals surface area contributed by atoms with Gasteiger partial charge in [-0.05, 0) is 23.8 Å². The van der Waals surface area contributed by atoms with Gasteiger partial charge in [0.1, 0.15) is 12.4 Å². The van der Waals surface area contributed by atoms with Crippen molar-refractivity contribution in [3.8, 4) is 11.5 Å². The third-order valence-electron chi connectivity index (χ3n) is 4.38. The predicted octanol–water partition coefficient (Wildman–Crippen LogP) is 4.45. The van der Waals surface area contributed by atoms with Crippen LogP contribution in [-0.4, -0.2) is 19.7 Å². The molecule has 0 aliphatic heterocycles. The van der Waals surface area contributed by atoms with Crippen molar-refractivity contribution in [2.24, 2.45) is 0 Å². The van der Waals surface area contributed by atoms with Crippen molar-refractivity contribution in [2.45, 2.75) is 12.6 Å². The van der Waals surface area contributed by atoms with E-state index in [0.29, 0.717) is 12.3 Å². The van der Waals surface area contributed by atoms with Crippen LogP contribution in [0.1, 0.15) is 17.2 Å². The Bertz CT molecular complexity index is 934. The fourth-order valence-electron chi connectivity index (χ4n) is 2.88. The number of rotatable bonds is 8. The molecule has 0 saturated heterocycles. The van der Waals surface area contributed by atoms with Gasteiger partial charge in [0.05, 0.1) is 13.2 Å². The van der Waals surface area contributed by atoms with Crippen LogP contribution in [0.15, 0.2) is 78.9 Å². The molecule has 29 heavy (non-hydrogen) atoms. The van der Waals surface area contributed by atoms with Gasteiger partial charge in [-0.25, -0.2) is 9.18 Å². The number of benzene rings is 3. The Hall–Kier alpha value is -3.54. The van der Waals surface area contributed by atoms with Crippen molar-refractivity contribution in [2.75, 3.05) is 13.7 Å². The topological polar surface area (TPSA) is 59.6 Å². The number of carbonyl (C=O) groups is 1. The number of para-hydroxylation sites is 2. The number of hydrogen-bond acceptors (Lipinski definition) is 3. The van der Waals surface area contributed by atoms with E-state index >= 15 is 0 Å². The molecule has 0 fully saturated rings. The molecule has 0 aliphatic rings. The molecule has 2 amide bonds. The van der Waals surface area contributed by atoms with Gasteiger partial charge in [-0.1, -0.05) is 60.7 Å². The second kappa shape index (κ2) is 10.1. The van der Waals surface area contributed by atoms with E-state index in [1.165, 1.54) is 6.07 Å². The third kappa shape index (κ3) is 5.72. The highest BCUT2D eigenvalue weighted by Gasteiger charge is 2.16. The summed E-state index contributed by atoms with van der Waals surface area (Å²) in [5, 5.41) is 5.72. The van der Waals surface area contributed by atoms with Crippen molar-refractivity contribution in [3.05, 3.63) is 95.8 Å². The first-order chi connectivity index (χ1) is 14.2. The molecule has 0 radical (unpaired) electrons. The van der Waals surface area contributed by atoms with E-state index in [9.17, 15) is 9.18 Å². The zero-order valence-corrected chi connectivity index (χ0v) is 16.1. The molecular formula is C23H23FN2O3. The Morgan fingerprint density at radius 1 is 0.931 bits per heavy atom. The van der Waals surface area contributed by atoms with Gasteiger partial charge in [0.25, 0.3) is 0 Å². The molecule has 3 rings (SSSR count). The molecule has 0 heterocycles. The maximum Gasteiger partial charge on any atom is 0.315 e. The van der Waals surface area contributed by atoms with Crippen molar-refractivity contribution in [3.63, 3.8) is 0 Å². The minimum Gasteiger partial charge on any atom is -0.496 e. The van der Waals surface area contributed by atoms with Gasteiger partial charge in [0.15, 0.2) is 11.6 Å². The number of amides is 2. The smallest absolute Gasteiger partial charge is 0.315 e. The monoisotopic (exact) mass is 394 g/mol. The van der Waals surface area contributed by atoms with E-state index in [1.54, 1.807) is 25.3 Å². The van der Waals surface area contributed by atoms with Gasteiger partial charge in [0.2, 0.25) is 0 Å². The van der Waals surface area contributed by atoms with Gasteiger partial charge < -0.3 is 20.1 Å². The summed E-state index contributed by atoms with van der Waals surface area (Å²) in [7, 11) is 1.59. The lowest BCUT2D eigenvalue weighted by atomic mass is 10.1. The average Bonchev–Trinajstić information content (AvgIpc) is 2.77. The van der Waals surface area contributed by atoms with Crippen molar-refractivity contribution in [1.29, 1.82) is 0 Å². The van der Waals surface area contributed by atoms with Gasteiger partial charge in [0, 0.05) is 12.1 Å². The number of ether oxygens (including phenoxy) is 2. The van der Waals surface area contributed by atoms with Gasteiger partial charge >= 0.3 is 6.03 Å². The van der Waals surface area contributed by atoms with Crippen LogP contribution in [0.2, 0.25) is 0 Å². The Kier molecular flexibility index (Phi) is 7.05. The summed E-state index contributed by atoms with van der Waals surface area (Å²) >= 11 is 0. The normalized spacial score (nSPS) is 11.4. The quantitative estimate of drug-likeness (QED) is 0.593. The molecule has 1 atom stereocenters. The summed E-state index contributed by atoms with van der Waals surface area (Å²) in [5.41, 5.74) is 1.72. The molecule has 2 N–H and O–H groups in total. The summed E-state index contributed by atoms with van der Waals surface area (Å²) in [5.74, 6) is 0.403. The lowest BCUT2D eigenvalue weighted by Gasteiger charge is -2.20. The molecule has 6 heteroatoms. The molecule has 150 valence electrons. The standard InChI is InChI=1S/C23H23FN2O3/c1-28-21-13-7-5-11-18(21)15-25-23(27)26-20(17-9-3-2-4-10-17)16-29-22-14-8-6-12-19(22)24/h2-14,20H,15-16H2,1H3,(H2,25,26,27)/t20-/m0/s1. The Morgan fingerprint density at radius 2 is 1.59 bits per heavy atom. The highest BCUT2D eigenvalue weighted by molar-refractivity contribution is 5.74. The van der Waals surface area contributed by atoms with E-state index in [0.717, 1.165) is 11.1 Å². The van der Waals surface area contributed by atoms with Crippen LogP contribution in [0, 0.1) is 5.82 Å². The lowest BCUT2D eigenvalue weighted by molar-refractivity contribution is 0.221. The van der Waals surface area contributed by atoms with Crippen LogP contribution in [-0.2, 0) is 6.54 Å². The van der Waals surface area contributed by atoms with Crippen LogP contribution < -0.4 is 20.1 Å². The molecule has 0 aliphatic carbocycles. The number of urea groups is 1. The largest absolute Gasteiger partial charge is 0.496 e. The number of hydrogen-bond donors (Lipinski definition) is 2. The second-order valence-corrected chi connectivity index (χ2v) is 6.34. The minimum absolute atomic E-state index is 0.0903. The van der Waals surface area contributed by atoms with Crippen LogP contribution in [0.3, 0.4) is 0 Å². The number of halogens is 1. The molecule has 0 aromatic heterocycles. The highest BCUT2D eigenvalue weighted by Crippen LogP contribution is 2.20. The predicted molar refractivity (Wildman–Crippen MR) is 109 cm³/mol. The zero-order chi connectivity index (χ0) is 20.5. The molecule has 0 unspecified atom stereocenters. The number of carbonyl (C=O) groups excluding carboxylic acids is 1. The van der Waals surface area contributed by atoms with Crippen LogP contribution in [0.25, 0.3) is 0 Å². The van der Waals surface area contributed by atoms with Gasteiger partial charge in [-0.3, -0.25) is 0 Å². The maximum absolute atomic E-state index is 13.8. The van der Waals surface area contributed by atoms with Crippen LogP contribution in [0.4, 0.5) is 9.18 Å². The first-order valence-corrected chi connectivity index (χ1v) is 9.26. The van der Waals surface area contributed by atoms with Crippen molar-refractivity contribution >= 4 is 6.03 Å². The zero-order valence-electron chi connectivity index (χ0n) is 16.1. The van der Waals surface area contributed by atoms with E-state index in [-0.39, 0.29) is 18.4 Å². The SMILES string of the molecule is COc1ccccc1CNC(=O)N[C@@H](COc1ccccc1F)c1ccccc1. The number of methoxy groups -OCH3 is 1.